The molecule has 8 heteroatoms. The number of halogens is 1. The Bertz CT molecular complexity index is 1170. The highest BCUT2D eigenvalue weighted by molar-refractivity contribution is 5.87. The fourth-order valence-electron chi connectivity index (χ4n) is 3.25. The molecule has 0 aliphatic carbocycles. The molecule has 0 aliphatic rings. The maximum Gasteiger partial charge on any atom is 0.331 e. The van der Waals surface area contributed by atoms with Crippen molar-refractivity contribution in [1.82, 2.24) is 0 Å². The fourth-order valence-corrected chi connectivity index (χ4v) is 3.25. The summed E-state index contributed by atoms with van der Waals surface area (Å²) in [6.07, 6.45) is -0.622. The van der Waals surface area contributed by atoms with E-state index in [0.717, 1.165) is 5.56 Å². The van der Waals surface area contributed by atoms with Gasteiger partial charge in [0, 0.05) is 0 Å². The lowest BCUT2D eigenvalue weighted by atomic mass is 9.87. The van der Waals surface area contributed by atoms with Gasteiger partial charge in [-0.1, -0.05) is 24.3 Å². The second-order valence-corrected chi connectivity index (χ2v) is 9.06. The van der Waals surface area contributed by atoms with E-state index in [0.29, 0.717) is 22.8 Å². The number of carboxylic acids is 1. The van der Waals surface area contributed by atoms with Crippen molar-refractivity contribution in [2.24, 2.45) is 5.73 Å². The van der Waals surface area contributed by atoms with Crippen LogP contribution < -0.4 is 15.2 Å². The first kappa shape index (κ1) is 25.7. The molecule has 35 heavy (non-hydrogen) atoms. The summed E-state index contributed by atoms with van der Waals surface area (Å²) in [4.78, 5) is 24.1. The van der Waals surface area contributed by atoms with Crippen molar-refractivity contribution in [3.8, 4) is 17.2 Å². The maximum atomic E-state index is 13.1. The van der Waals surface area contributed by atoms with Gasteiger partial charge in [-0.15, -0.1) is 0 Å². The zero-order valence-corrected chi connectivity index (χ0v) is 19.8. The van der Waals surface area contributed by atoms with Gasteiger partial charge < -0.3 is 25.1 Å². The number of ether oxygens (including phenoxy) is 3. The first-order valence-corrected chi connectivity index (χ1v) is 10.9. The lowest BCUT2D eigenvalue weighted by Gasteiger charge is -2.30. The lowest BCUT2D eigenvalue weighted by Crippen LogP contribution is -2.49. The third-order valence-electron chi connectivity index (χ3n) is 4.92. The molecule has 3 aromatic rings. The SMILES string of the molecule is CC(C)(C)OC(=O)[C@](N)(CC(=O)O)c1ccc(OCc2cccc(Oc3ccc(F)cc3)c2)cc1. The smallest absolute Gasteiger partial charge is 0.331 e. The molecule has 1 atom stereocenters. The highest BCUT2D eigenvalue weighted by Gasteiger charge is 2.41. The number of hydrogen-bond donors (Lipinski definition) is 2. The van der Waals surface area contributed by atoms with Crippen molar-refractivity contribution in [3.05, 3.63) is 89.7 Å². The van der Waals surface area contributed by atoms with Crippen LogP contribution >= 0.6 is 0 Å². The molecule has 0 saturated carbocycles. The van der Waals surface area contributed by atoms with E-state index in [1.165, 1.54) is 12.1 Å². The topological polar surface area (TPSA) is 108 Å². The molecule has 3 N–H and O–H groups in total. The number of aliphatic carboxylic acids is 1. The molecule has 0 heterocycles. The summed E-state index contributed by atoms with van der Waals surface area (Å²) in [6.45, 7) is 5.28. The average molecular weight is 482 g/mol. The first-order chi connectivity index (χ1) is 16.4. The number of benzene rings is 3. The van der Waals surface area contributed by atoms with Gasteiger partial charge in [0.2, 0.25) is 0 Å². The zero-order valence-electron chi connectivity index (χ0n) is 19.8. The van der Waals surface area contributed by atoms with Gasteiger partial charge in [-0.3, -0.25) is 4.79 Å². The highest BCUT2D eigenvalue weighted by atomic mass is 19.1. The molecule has 0 amide bonds. The van der Waals surface area contributed by atoms with Crippen LogP contribution in [0, 0.1) is 5.82 Å². The van der Waals surface area contributed by atoms with Crippen LogP contribution in [0.3, 0.4) is 0 Å². The van der Waals surface area contributed by atoms with E-state index in [1.807, 2.05) is 12.1 Å². The Balaban J connectivity index is 1.69. The molecular formula is C27H28FNO6. The molecule has 0 unspecified atom stereocenters. The predicted octanol–water partition coefficient (Wildman–Crippen LogP) is 5.17. The van der Waals surface area contributed by atoms with Gasteiger partial charge >= 0.3 is 11.9 Å². The summed E-state index contributed by atoms with van der Waals surface area (Å²) in [6, 6.07) is 19.3. The van der Waals surface area contributed by atoms with Gasteiger partial charge in [-0.25, -0.2) is 9.18 Å². The molecule has 0 radical (unpaired) electrons. The Morgan fingerprint density at radius 2 is 1.54 bits per heavy atom. The van der Waals surface area contributed by atoms with E-state index >= 15 is 0 Å². The van der Waals surface area contributed by atoms with Gasteiger partial charge in [0.15, 0.2) is 5.54 Å². The van der Waals surface area contributed by atoms with Crippen molar-refractivity contribution in [1.29, 1.82) is 0 Å². The van der Waals surface area contributed by atoms with Gasteiger partial charge in [0.1, 0.15) is 35.3 Å². The van der Waals surface area contributed by atoms with E-state index < -0.39 is 29.5 Å². The van der Waals surface area contributed by atoms with Crippen LogP contribution in [0.1, 0.15) is 38.3 Å². The Morgan fingerprint density at radius 1 is 0.914 bits per heavy atom. The van der Waals surface area contributed by atoms with Crippen molar-refractivity contribution in [3.63, 3.8) is 0 Å². The Kier molecular flexibility index (Phi) is 7.76. The second kappa shape index (κ2) is 10.6. The number of nitrogens with two attached hydrogens (primary N) is 1. The van der Waals surface area contributed by atoms with Gasteiger partial charge in [0.05, 0.1) is 6.42 Å². The highest BCUT2D eigenvalue weighted by Crippen LogP contribution is 2.29. The monoisotopic (exact) mass is 481 g/mol. The average Bonchev–Trinajstić information content (AvgIpc) is 2.78. The minimum absolute atomic E-state index is 0.231. The lowest BCUT2D eigenvalue weighted by molar-refractivity contribution is -0.165. The summed E-state index contributed by atoms with van der Waals surface area (Å²) in [5.74, 6) is -0.795. The fraction of sp³-hybridized carbons (Fsp3) is 0.259. The van der Waals surface area contributed by atoms with Crippen LogP contribution in [-0.2, 0) is 26.5 Å². The van der Waals surface area contributed by atoms with E-state index in [9.17, 15) is 19.1 Å². The van der Waals surface area contributed by atoms with Crippen LogP contribution in [0.4, 0.5) is 4.39 Å². The molecule has 0 spiro atoms. The van der Waals surface area contributed by atoms with Crippen LogP contribution in [-0.4, -0.2) is 22.6 Å². The van der Waals surface area contributed by atoms with Crippen molar-refractivity contribution in [2.45, 2.75) is 44.9 Å². The van der Waals surface area contributed by atoms with Crippen LogP contribution in [0.2, 0.25) is 0 Å². The minimum atomic E-state index is -1.84. The third kappa shape index (κ3) is 7.28. The first-order valence-electron chi connectivity index (χ1n) is 10.9. The van der Waals surface area contributed by atoms with Crippen molar-refractivity contribution < 1.29 is 33.3 Å². The van der Waals surface area contributed by atoms with Gasteiger partial charge in [-0.2, -0.15) is 0 Å². The molecule has 0 bridgehead atoms. The summed E-state index contributed by atoms with van der Waals surface area (Å²) in [5.41, 5.74) is 4.72. The largest absolute Gasteiger partial charge is 0.489 e. The molecule has 0 saturated heterocycles. The quantitative estimate of drug-likeness (QED) is 0.406. The molecule has 3 rings (SSSR count). The van der Waals surface area contributed by atoms with Crippen molar-refractivity contribution in [2.75, 3.05) is 0 Å². The van der Waals surface area contributed by atoms with E-state index in [2.05, 4.69) is 0 Å². The second-order valence-electron chi connectivity index (χ2n) is 9.06. The molecule has 0 aliphatic heterocycles. The van der Waals surface area contributed by atoms with Crippen LogP contribution in [0.25, 0.3) is 0 Å². The van der Waals surface area contributed by atoms with Gasteiger partial charge in [0.25, 0.3) is 0 Å². The molecule has 184 valence electrons. The summed E-state index contributed by atoms with van der Waals surface area (Å²) < 4.78 is 30.0. The van der Waals surface area contributed by atoms with E-state index in [4.69, 9.17) is 19.9 Å². The van der Waals surface area contributed by atoms with E-state index in [-0.39, 0.29) is 12.4 Å². The standard InChI is InChI=1S/C27H28FNO6/c1-26(2,3)35-25(32)27(29,16-24(30)31)19-7-11-21(12-8-19)33-17-18-5-4-6-23(15-18)34-22-13-9-20(28)10-14-22/h4-15H,16-17,29H2,1-3H3,(H,30,31)/t27-/m0/s1. The normalized spacial score (nSPS) is 12.9. The Labute approximate surface area is 203 Å². The molecule has 3 aromatic carbocycles. The number of carbonyl (C=O) groups excluding carboxylic acids is 1. The number of carboxylic acid groups (broad SMARTS) is 1. The summed E-state index contributed by atoms with van der Waals surface area (Å²) >= 11 is 0. The Hall–Kier alpha value is -3.91. The number of hydrogen-bond acceptors (Lipinski definition) is 6. The third-order valence-corrected chi connectivity index (χ3v) is 4.92. The summed E-state index contributed by atoms with van der Waals surface area (Å²) in [7, 11) is 0. The Morgan fingerprint density at radius 3 is 2.14 bits per heavy atom. The van der Waals surface area contributed by atoms with Crippen molar-refractivity contribution >= 4 is 11.9 Å². The van der Waals surface area contributed by atoms with Crippen LogP contribution in [0.5, 0.6) is 17.2 Å². The number of esters is 1. The number of rotatable bonds is 9. The predicted molar refractivity (Wildman–Crippen MR) is 128 cm³/mol. The molecule has 0 aromatic heterocycles. The maximum absolute atomic E-state index is 13.1. The van der Waals surface area contributed by atoms with E-state index in [1.54, 1.807) is 69.3 Å². The summed E-state index contributed by atoms with van der Waals surface area (Å²) in [5, 5.41) is 9.31. The van der Waals surface area contributed by atoms with Gasteiger partial charge in [-0.05, 0) is 80.4 Å². The molecule has 7 nitrogen and oxygen atoms in total. The zero-order chi connectivity index (χ0) is 25.6. The molecule has 0 fully saturated rings. The minimum Gasteiger partial charge on any atom is -0.489 e. The molecular weight excluding hydrogens is 453 g/mol. The number of carbonyl (C=O) groups is 2. The van der Waals surface area contributed by atoms with Crippen LogP contribution in [0.15, 0.2) is 72.8 Å².